The molecule has 0 aliphatic rings. The Hall–Kier alpha value is -1.99. The number of carbonyl (C=O) groups excluding carboxylic acids is 1. The van der Waals surface area contributed by atoms with Crippen molar-refractivity contribution in [2.45, 2.75) is 282 Å². The Morgan fingerprint density at radius 3 is 1.21 bits per heavy atom. The minimum Gasteiger partial charge on any atom is -0.394 e. The predicted molar refractivity (Wildman–Crippen MR) is 270 cm³/mol. The normalized spacial score (nSPS) is 14.4. The summed E-state index contributed by atoms with van der Waals surface area (Å²) < 4.78 is 0. The summed E-state index contributed by atoms with van der Waals surface area (Å²) in [7, 11) is 0. The van der Waals surface area contributed by atoms with Crippen molar-refractivity contribution in [2.24, 2.45) is 0 Å². The molecule has 0 aliphatic carbocycles. The lowest BCUT2D eigenvalue weighted by molar-refractivity contribution is -0.132. The van der Waals surface area contributed by atoms with Crippen LogP contribution in [0.25, 0.3) is 0 Å². The van der Waals surface area contributed by atoms with Crippen LogP contribution in [0.3, 0.4) is 0 Å². The number of aliphatic hydroxyl groups excluding tert-OH is 4. The second kappa shape index (κ2) is 50.0. The van der Waals surface area contributed by atoms with E-state index in [9.17, 15) is 25.2 Å². The molecule has 0 aliphatic heterocycles. The topological polar surface area (TPSA) is 110 Å². The van der Waals surface area contributed by atoms with Gasteiger partial charge in [0.1, 0.15) is 12.2 Å². The van der Waals surface area contributed by atoms with Crippen LogP contribution in [0, 0.1) is 0 Å². The average Bonchev–Trinajstić information content (AvgIpc) is 3.28. The van der Waals surface area contributed by atoms with E-state index in [1.165, 1.54) is 167 Å². The lowest BCUT2D eigenvalue weighted by atomic mass is 10.00. The van der Waals surface area contributed by atoms with Crippen molar-refractivity contribution in [1.82, 2.24) is 5.32 Å². The van der Waals surface area contributed by atoms with Gasteiger partial charge in [-0.25, -0.2) is 0 Å². The largest absolute Gasteiger partial charge is 0.394 e. The fourth-order valence-electron chi connectivity index (χ4n) is 8.06. The van der Waals surface area contributed by atoms with Crippen molar-refractivity contribution >= 4 is 5.91 Å². The van der Waals surface area contributed by atoms with Crippen LogP contribution in [-0.2, 0) is 4.79 Å². The maximum atomic E-state index is 12.5. The van der Waals surface area contributed by atoms with Gasteiger partial charge in [0, 0.05) is 0 Å². The molecule has 0 saturated carbocycles. The lowest BCUT2D eigenvalue weighted by Crippen LogP contribution is -2.53. The van der Waals surface area contributed by atoms with Crippen LogP contribution in [-0.4, -0.2) is 57.3 Å². The predicted octanol–water partition coefficient (Wildman–Crippen LogP) is 15.2. The molecule has 0 aromatic carbocycles. The molecule has 0 rings (SSSR count). The Balaban J connectivity index is 3.59. The molecule has 0 radical (unpaired) electrons. The van der Waals surface area contributed by atoms with Crippen LogP contribution < -0.4 is 5.32 Å². The molecule has 0 heterocycles. The van der Waals surface area contributed by atoms with Crippen LogP contribution >= 0.6 is 0 Å². The van der Waals surface area contributed by atoms with Gasteiger partial charge >= 0.3 is 0 Å². The van der Waals surface area contributed by atoms with E-state index in [0.717, 1.165) is 57.8 Å². The molecule has 0 bridgehead atoms. The van der Waals surface area contributed by atoms with Gasteiger partial charge in [-0.3, -0.25) is 4.79 Å². The maximum absolute atomic E-state index is 12.5. The van der Waals surface area contributed by atoms with Crippen molar-refractivity contribution in [3.05, 3.63) is 60.8 Å². The molecule has 5 N–H and O–H groups in total. The highest BCUT2D eigenvalue weighted by atomic mass is 16.3. The molecule has 0 saturated heterocycles. The van der Waals surface area contributed by atoms with Gasteiger partial charge in [-0.2, -0.15) is 0 Å². The monoisotopic (exact) mass is 870 g/mol. The van der Waals surface area contributed by atoms with Crippen LogP contribution in [0.2, 0.25) is 0 Å². The second-order valence-electron chi connectivity index (χ2n) is 18.2. The fourth-order valence-corrected chi connectivity index (χ4v) is 8.06. The first-order valence-corrected chi connectivity index (χ1v) is 26.6. The highest BCUT2D eigenvalue weighted by Gasteiger charge is 2.28. The van der Waals surface area contributed by atoms with E-state index in [4.69, 9.17) is 0 Å². The number of allylic oxidation sites excluding steroid dienone is 10. The molecule has 62 heavy (non-hydrogen) atoms. The summed E-state index contributed by atoms with van der Waals surface area (Å²) in [6.45, 7) is 3.82. The molecule has 362 valence electrons. The third-order valence-corrected chi connectivity index (χ3v) is 12.3. The Bertz CT molecular complexity index is 1070. The standard InChI is InChI=1S/C56H103NO5/c1-3-5-7-9-11-13-15-17-18-19-20-21-22-23-24-25-26-27-28-29-30-31-32-33-34-35-36-37-38-40-42-44-46-48-50-54(60)56(62)57-52(51-58)55(61)53(59)49-47-45-43-41-39-16-14-12-10-8-6-4-2/h4,6,12,14,22-23,25-26,41,43,52-55,58-61H,3,5,7-11,13,15-21,24,27-40,42,44-51H2,1-2H3,(H,57,62)/b6-4+,14-12+,23-22-,26-25-,43-41+. The molecule has 6 nitrogen and oxygen atoms in total. The number of aliphatic hydroxyl groups is 4. The summed E-state index contributed by atoms with van der Waals surface area (Å²) in [6.07, 6.45) is 64.6. The quantitative estimate of drug-likeness (QED) is 0.0309. The van der Waals surface area contributed by atoms with E-state index in [-0.39, 0.29) is 0 Å². The molecular formula is C56H103NO5. The summed E-state index contributed by atoms with van der Waals surface area (Å²) in [5, 5.41) is 43.7. The lowest BCUT2D eigenvalue weighted by Gasteiger charge is -2.27. The zero-order chi connectivity index (χ0) is 45.2. The SMILES string of the molecule is C/C=C/CC/C=C/CC/C=C/CCCC(O)C(O)C(CO)NC(=O)C(O)CCCCCCCCCCCCCCCCCC/C=C\C/C=C\CCCCCCCCCCCCC. The molecule has 0 aromatic heterocycles. The summed E-state index contributed by atoms with van der Waals surface area (Å²) in [6, 6.07) is -1.01. The third kappa shape index (κ3) is 43.3. The van der Waals surface area contributed by atoms with Crippen molar-refractivity contribution in [2.75, 3.05) is 6.61 Å². The zero-order valence-electron chi connectivity index (χ0n) is 40.9. The number of amides is 1. The van der Waals surface area contributed by atoms with Gasteiger partial charge < -0.3 is 25.7 Å². The summed E-state index contributed by atoms with van der Waals surface area (Å²) in [4.78, 5) is 12.5. The second-order valence-corrected chi connectivity index (χ2v) is 18.2. The Labute approximate surface area is 384 Å². The average molecular weight is 870 g/mol. The maximum Gasteiger partial charge on any atom is 0.249 e. The van der Waals surface area contributed by atoms with E-state index in [2.05, 4.69) is 73.0 Å². The highest BCUT2D eigenvalue weighted by molar-refractivity contribution is 5.80. The smallest absolute Gasteiger partial charge is 0.249 e. The number of hydrogen-bond donors (Lipinski definition) is 5. The third-order valence-electron chi connectivity index (χ3n) is 12.3. The highest BCUT2D eigenvalue weighted by Crippen LogP contribution is 2.16. The van der Waals surface area contributed by atoms with E-state index >= 15 is 0 Å². The summed E-state index contributed by atoms with van der Waals surface area (Å²) in [5.74, 6) is -0.601. The molecule has 4 unspecified atom stereocenters. The van der Waals surface area contributed by atoms with E-state index in [0.29, 0.717) is 19.3 Å². The molecule has 0 aromatic rings. The van der Waals surface area contributed by atoms with Gasteiger partial charge in [-0.05, 0) is 90.4 Å². The van der Waals surface area contributed by atoms with Crippen LogP contribution in [0.4, 0.5) is 0 Å². The number of hydrogen-bond acceptors (Lipinski definition) is 5. The van der Waals surface area contributed by atoms with Gasteiger partial charge in [0.2, 0.25) is 5.91 Å². The first-order chi connectivity index (χ1) is 30.5. The molecule has 0 spiro atoms. The van der Waals surface area contributed by atoms with Crippen molar-refractivity contribution in [3.8, 4) is 0 Å². The van der Waals surface area contributed by atoms with Crippen molar-refractivity contribution in [1.29, 1.82) is 0 Å². The van der Waals surface area contributed by atoms with Gasteiger partial charge in [-0.15, -0.1) is 0 Å². The van der Waals surface area contributed by atoms with Gasteiger partial charge in [0.05, 0.1) is 18.8 Å². The van der Waals surface area contributed by atoms with E-state index in [1.807, 2.05) is 6.92 Å². The van der Waals surface area contributed by atoms with Crippen molar-refractivity contribution < 1.29 is 25.2 Å². The fraction of sp³-hybridized carbons (Fsp3) is 0.804. The minimum absolute atomic E-state index is 0.357. The van der Waals surface area contributed by atoms with Crippen LogP contribution in [0.1, 0.15) is 258 Å². The first-order valence-electron chi connectivity index (χ1n) is 26.6. The number of nitrogens with one attached hydrogen (secondary N) is 1. The van der Waals surface area contributed by atoms with Crippen molar-refractivity contribution in [3.63, 3.8) is 0 Å². The van der Waals surface area contributed by atoms with E-state index < -0.39 is 36.9 Å². The van der Waals surface area contributed by atoms with Gasteiger partial charge in [0.25, 0.3) is 0 Å². The Morgan fingerprint density at radius 1 is 0.435 bits per heavy atom. The zero-order valence-corrected chi connectivity index (χ0v) is 40.9. The first kappa shape index (κ1) is 60.0. The summed E-state index contributed by atoms with van der Waals surface area (Å²) >= 11 is 0. The Morgan fingerprint density at radius 2 is 0.790 bits per heavy atom. The molecule has 0 fully saturated rings. The molecular weight excluding hydrogens is 767 g/mol. The minimum atomic E-state index is -1.29. The summed E-state index contributed by atoms with van der Waals surface area (Å²) in [5.41, 5.74) is 0. The number of unbranched alkanes of at least 4 members (excludes halogenated alkanes) is 30. The van der Waals surface area contributed by atoms with Crippen LogP contribution in [0.5, 0.6) is 0 Å². The number of carbonyl (C=O) groups is 1. The van der Waals surface area contributed by atoms with E-state index in [1.54, 1.807) is 0 Å². The number of rotatable bonds is 48. The molecule has 6 heteroatoms. The van der Waals surface area contributed by atoms with Gasteiger partial charge in [0.15, 0.2) is 0 Å². The molecule has 4 atom stereocenters. The van der Waals surface area contributed by atoms with Crippen LogP contribution in [0.15, 0.2) is 60.8 Å². The Kier molecular flexibility index (Phi) is 48.4. The molecule has 1 amide bonds. The van der Waals surface area contributed by atoms with Gasteiger partial charge in [-0.1, -0.05) is 228 Å².